The largest absolute Gasteiger partial charge is 0.394 e. The third-order valence-corrected chi connectivity index (χ3v) is 3.14. The quantitative estimate of drug-likeness (QED) is 0.888. The molecule has 1 aromatic heterocycles. The molecule has 1 unspecified atom stereocenters. The number of hydrogen-bond acceptors (Lipinski definition) is 4. The maximum absolute atomic E-state index is 11.9. The van der Waals surface area contributed by atoms with Crippen molar-refractivity contribution in [1.29, 1.82) is 0 Å². The molecule has 6 heteroatoms. The van der Waals surface area contributed by atoms with Crippen molar-refractivity contribution in [1.82, 2.24) is 10.5 Å². The van der Waals surface area contributed by atoms with Crippen LogP contribution >= 0.6 is 11.6 Å². The molecule has 0 spiro atoms. The van der Waals surface area contributed by atoms with Gasteiger partial charge in [0, 0.05) is 16.7 Å². The molecule has 0 aliphatic carbocycles. The first-order valence-electron chi connectivity index (χ1n) is 6.28. The number of carbonyl (C=O) groups is 1. The first kappa shape index (κ1) is 14.6. The molecule has 2 rings (SSSR count). The third-order valence-electron chi connectivity index (χ3n) is 2.90. The van der Waals surface area contributed by atoms with E-state index in [1.165, 1.54) is 0 Å². The minimum Gasteiger partial charge on any atom is -0.394 e. The van der Waals surface area contributed by atoms with Gasteiger partial charge in [-0.15, -0.1) is 0 Å². The van der Waals surface area contributed by atoms with Crippen molar-refractivity contribution in [2.75, 3.05) is 6.61 Å². The molecule has 5 nitrogen and oxygen atoms in total. The average molecular weight is 295 g/mol. The zero-order valence-electron chi connectivity index (χ0n) is 11.0. The number of halogens is 1. The second kappa shape index (κ2) is 6.54. The Bertz CT molecular complexity index is 594. The van der Waals surface area contributed by atoms with Crippen molar-refractivity contribution in [2.45, 2.75) is 19.4 Å². The summed E-state index contributed by atoms with van der Waals surface area (Å²) in [6.45, 7) is 1.77. The maximum atomic E-state index is 11.9. The minimum atomic E-state index is -0.372. The lowest BCUT2D eigenvalue weighted by Crippen LogP contribution is -2.37. The summed E-state index contributed by atoms with van der Waals surface area (Å²) in [5, 5.41) is 16.0. The van der Waals surface area contributed by atoms with Crippen LogP contribution < -0.4 is 5.32 Å². The second-order valence-electron chi connectivity index (χ2n) is 4.35. The van der Waals surface area contributed by atoms with Gasteiger partial charge in [0.1, 0.15) is 0 Å². The molecule has 0 aliphatic rings. The van der Waals surface area contributed by atoms with Gasteiger partial charge >= 0.3 is 0 Å². The van der Waals surface area contributed by atoms with Crippen molar-refractivity contribution in [3.05, 3.63) is 41.0 Å². The van der Waals surface area contributed by atoms with Crippen LogP contribution in [0.25, 0.3) is 11.3 Å². The van der Waals surface area contributed by atoms with Gasteiger partial charge in [-0.1, -0.05) is 35.8 Å². The monoisotopic (exact) mass is 294 g/mol. The fourth-order valence-electron chi connectivity index (χ4n) is 1.70. The third kappa shape index (κ3) is 3.37. The van der Waals surface area contributed by atoms with E-state index in [-0.39, 0.29) is 24.2 Å². The summed E-state index contributed by atoms with van der Waals surface area (Å²) in [5.41, 5.74) is 0.921. The Morgan fingerprint density at radius 3 is 2.95 bits per heavy atom. The summed E-state index contributed by atoms with van der Waals surface area (Å²) < 4.78 is 5.14. The van der Waals surface area contributed by atoms with Crippen molar-refractivity contribution in [3.8, 4) is 11.3 Å². The molecule has 1 atom stereocenters. The lowest BCUT2D eigenvalue weighted by Gasteiger charge is -2.11. The van der Waals surface area contributed by atoms with Gasteiger partial charge in [0.15, 0.2) is 11.5 Å². The fraction of sp³-hybridized carbons (Fsp3) is 0.286. The van der Waals surface area contributed by atoms with E-state index in [2.05, 4.69) is 10.5 Å². The Labute approximate surface area is 121 Å². The standard InChI is InChI=1S/C14H15ClN2O3/c1-2-11(8-18)16-14(19)12-7-13(20-17-12)9-4-3-5-10(15)6-9/h3-7,11,18H,2,8H2,1H3,(H,16,19). The van der Waals surface area contributed by atoms with E-state index in [1.54, 1.807) is 24.3 Å². The molecule has 1 amide bonds. The maximum Gasteiger partial charge on any atom is 0.273 e. The number of nitrogens with one attached hydrogen (secondary N) is 1. The number of aliphatic hydroxyl groups excluding tert-OH is 1. The van der Waals surface area contributed by atoms with Crippen LogP contribution in [-0.2, 0) is 0 Å². The lowest BCUT2D eigenvalue weighted by molar-refractivity contribution is 0.0906. The topological polar surface area (TPSA) is 75.4 Å². The molecule has 20 heavy (non-hydrogen) atoms. The summed E-state index contributed by atoms with van der Waals surface area (Å²) in [5.74, 6) is 0.0950. The van der Waals surface area contributed by atoms with Crippen LogP contribution in [0.2, 0.25) is 5.02 Å². The predicted molar refractivity (Wildman–Crippen MR) is 75.6 cm³/mol. The number of benzene rings is 1. The van der Waals surface area contributed by atoms with Crippen molar-refractivity contribution in [2.24, 2.45) is 0 Å². The van der Waals surface area contributed by atoms with Gasteiger partial charge in [0.25, 0.3) is 5.91 Å². The van der Waals surface area contributed by atoms with E-state index in [0.717, 1.165) is 5.56 Å². The highest BCUT2D eigenvalue weighted by Crippen LogP contribution is 2.23. The van der Waals surface area contributed by atoms with Gasteiger partial charge in [-0.05, 0) is 18.6 Å². The average Bonchev–Trinajstić information content (AvgIpc) is 2.94. The molecule has 0 radical (unpaired) electrons. The summed E-state index contributed by atoms with van der Waals surface area (Å²) in [6, 6.07) is 8.35. The van der Waals surface area contributed by atoms with Crippen LogP contribution in [0.1, 0.15) is 23.8 Å². The van der Waals surface area contributed by atoms with Crippen LogP contribution in [0.4, 0.5) is 0 Å². The van der Waals surface area contributed by atoms with Crippen LogP contribution in [-0.4, -0.2) is 28.8 Å². The van der Waals surface area contributed by atoms with E-state index in [1.807, 2.05) is 13.0 Å². The molecule has 0 fully saturated rings. The van der Waals surface area contributed by atoms with Crippen LogP contribution in [0.15, 0.2) is 34.9 Å². The summed E-state index contributed by atoms with van der Waals surface area (Å²) >= 11 is 5.90. The first-order valence-corrected chi connectivity index (χ1v) is 6.66. The number of amides is 1. The SMILES string of the molecule is CCC(CO)NC(=O)c1cc(-c2cccc(Cl)c2)on1. The van der Waals surface area contributed by atoms with E-state index >= 15 is 0 Å². The molecule has 0 saturated heterocycles. The number of rotatable bonds is 5. The van der Waals surface area contributed by atoms with E-state index in [0.29, 0.717) is 17.2 Å². The molecule has 0 bridgehead atoms. The normalized spacial score (nSPS) is 12.2. The van der Waals surface area contributed by atoms with Gasteiger partial charge in [0.05, 0.1) is 12.6 Å². The highest BCUT2D eigenvalue weighted by atomic mass is 35.5. The summed E-state index contributed by atoms with van der Waals surface area (Å²) in [6.07, 6.45) is 0.640. The van der Waals surface area contributed by atoms with Crippen LogP contribution in [0.5, 0.6) is 0 Å². The smallest absolute Gasteiger partial charge is 0.273 e. The van der Waals surface area contributed by atoms with Crippen molar-refractivity contribution in [3.63, 3.8) is 0 Å². The Hall–Kier alpha value is -1.85. The van der Waals surface area contributed by atoms with Gasteiger partial charge in [-0.3, -0.25) is 4.79 Å². The molecule has 0 saturated carbocycles. The number of aromatic nitrogens is 1. The van der Waals surface area contributed by atoms with Gasteiger partial charge in [0.2, 0.25) is 0 Å². The molecular formula is C14H15ClN2O3. The zero-order chi connectivity index (χ0) is 14.5. The zero-order valence-corrected chi connectivity index (χ0v) is 11.7. The molecule has 0 aliphatic heterocycles. The molecule has 1 aromatic carbocycles. The first-order chi connectivity index (χ1) is 9.63. The second-order valence-corrected chi connectivity index (χ2v) is 4.78. The molecule has 2 N–H and O–H groups in total. The number of hydrogen-bond donors (Lipinski definition) is 2. The van der Waals surface area contributed by atoms with E-state index < -0.39 is 0 Å². The Morgan fingerprint density at radius 1 is 1.50 bits per heavy atom. The summed E-state index contributed by atoms with van der Waals surface area (Å²) in [7, 11) is 0. The van der Waals surface area contributed by atoms with Gasteiger partial charge < -0.3 is 14.9 Å². The van der Waals surface area contributed by atoms with E-state index in [9.17, 15) is 4.79 Å². The Balaban J connectivity index is 2.14. The number of nitrogens with zero attached hydrogens (tertiary/aromatic N) is 1. The minimum absolute atomic E-state index is 0.110. The Morgan fingerprint density at radius 2 is 2.30 bits per heavy atom. The molecular weight excluding hydrogens is 280 g/mol. The van der Waals surface area contributed by atoms with E-state index in [4.69, 9.17) is 21.2 Å². The molecule has 106 valence electrons. The number of carbonyl (C=O) groups excluding carboxylic acids is 1. The number of aliphatic hydroxyl groups is 1. The Kier molecular flexibility index (Phi) is 4.76. The van der Waals surface area contributed by atoms with Crippen molar-refractivity contribution >= 4 is 17.5 Å². The van der Waals surface area contributed by atoms with Crippen LogP contribution in [0.3, 0.4) is 0 Å². The van der Waals surface area contributed by atoms with Gasteiger partial charge in [-0.25, -0.2) is 0 Å². The summed E-state index contributed by atoms with van der Waals surface area (Å²) in [4.78, 5) is 11.9. The van der Waals surface area contributed by atoms with Crippen LogP contribution in [0, 0.1) is 0 Å². The van der Waals surface area contributed by atoms with Gasteiger partial charge in [-0.2, -0.15) is 0 Å². The molecule has 2 aromatic rings. The highest BCUT2D eigenvalue weighted by molar-refractivity contribution is 6.30. The predicted octanol–water partition coefficient (Wildman–Crippen LogP) is 2.50. The highest BCUT2D eigenvalue weighted by Gasteiger charge is 2.16. The fourth-order valence-corrected chi connectivity index (χ4v) is 1.89. The van der Waals surface area contributed by atoms with Crippen molar-refractivity contribution < 1.29 is 14.4 Å². The lowest BCUT2D eigenvalue weighted by atomic mass is 10.1. The molecule has 1 heterocycles.